The third-order valence-electron chi connectivity index (χ3n) is 3.45. The Labute approximate surface area is 101 Å². The average molecular weight is 237 g/mol. The largest absolute Gasteiger partial charge is 0.465 e. The first-order chi connectivity index (χ1) is 8.13. The Morgan fingerprint density at radius 1 is 1.59 bits per heavy atom. The Bertz CT molecular complexity index is 402. The van der Waals surface area contributed by atoms with Gasteiger partial charge in [-0.05, 0) is 31.7 Å². The number of nitrogens with zero attached hydrogens (tertiary/aromatic N) is 3. The summed E-state index contributed by atoms with van der Waals surface area (Å²) in [4.78, 5) is 12.9. The van der Waals surface area contributed by atoms with Crippen LogP contribution >= 0.6 is 0 Å². The third-order valence-corrected chi connectivity index (χ3v) is 3.45. The molecule has 1 N–H and O–H groups in total. The lowest BCUT2D eigenvalue weighted by atomic mass is 9.93. The number of aromatic nitrogens is 2. The summed E-state index contributed by atoms with van der Waals surface area (Å²) in [6, 6.07) is 1.89. The number of amides is 1. The molecule has 0 bridgehead atoms. The number of carbonyl (C=O) groups is 1. The summed E-state index contributed by atoms with van der Waals surface area (Å²) in [6.07, 6.45) is 2.88. The second-order valence-electron chi connectivity index (χ2n) is 4.71. The van der Waals surface area contributed by atoms with Crippen molar-refractivity contribution < 1.29 is 9.90 Å². The van der Waals surface area contributed by atoms with Crippen molar-refractivity contribution in [3.8, 4) is 0 Å². The van der Waals surface area contributed by atoms with Gasteiger partial charge in [-0.25, -0.2) is 4.79 Å². The van der Waals surface area contributed by atoms with E-state index in [1.807, 2.05) is 17.7 Å². The first-order valence-corrected chi connectivity index (χ1v) is 6.14. The van der Waals surface area contributed by atoms with Crippen LogP contribution < -0.4 is 0 Å². The lowest BCUT2D eigenvalue weighted by Gasteiger charge is -2.36. The maximum atomic E-state index is 11.3. The molecule has 1 saturated heterocycles. The molecule has 94 valence electrons. The number of carboxylic acid groups (broad SMARTS) is 1. The van der Waals surface area contributed by atoms with E-state index in [4.69, 9.17) is 0 Å². The minimum absolute atomic E-state index is 0.0360. The molecule has 2 heterocycles. The Balaban J connectivity index is 2.26. The second kappa shape index (κ2) is 4.77. The summed E-state index contributed by atoms with van der Waals surface area (Å²) in [7, 11) is 0. The summed E-state index contributed by atoms with van der Waals surface area (Å²) < 4.78 is 1.89. The lowest BCUT2D eigenvalue weighted by Crippen LogP contribution is -2.41. The van der Waals surface area contributed by atoms with Gasteiger partial charge in [-0.1, -0.05) is 6.92 Å². The van der Waals surface area contributed by atoms with Gasteiger partial charge in [0.2, 0.25) is 0 Å². The van der Waals surface area contributed by atoms with Crippen molar-refractivity contribution in [2.24, 2.45) is 5.92 Å². The van der Waals surface area contributed by atoms with E-state index in [1.54, 1.807) is 11.1 Å². The molecule has 2 unspecified atom stereocenters. The van der Waals surface area contributed by atoms with Crippen LogP contribution in [0.25, 0.3) is 0 Å². The number of piperidine rings is 1. The standard InChI is InChI=1S/C12H19N3O2/c1-3-15-11(6-7-13-15)10-5-4-9(2)8-14(10)12(16)17/h6-7,9-10H,3-5,8H2,1-2H3,(H,16,17). The quantitative estimate of drug-likeness (QED) is 0.859. The fraction of sp³-hybridized carbons (Fsp3) is 0.667. The predicted octanol–water partition coefficient (Wildman–Crippen LogP) is 2.35. The van der Waals surface area contributed by atoms with Crippen molar-refractivity contribution >= 4 is 6.09 Å². The van der Waals surface area contributed by atoms with Gasteiger partial charge in [0, 0.05) is 19.3 Å². The maximum Gasteiger partial charge on any atom is 0.407 e. The number of hydrogen-bond acceptors (Lipinski definition) is 2. The molecule has 5 heteroatoms. The summed E-state index contributed by atoms with van der Waals surface area (Å²) in [6.45, 7) is 5.52. The molecule has 5 nitrogen and oxygen atoms in total. The molecule has 1 amide bonds. The predicted molar refractivity (Wildman–Crippen MR) is 63.8 cm³/mol. The van der Waals surface area contributed by atoms with Crippen LogP contribution in [0.4, 0.5) is 4.79 Å². The number of likely N-dealkylation sites (tertiary alicyclic amines) is 1. The third kappa shape index (κ3) is 2.28. The highest BCUT2D eigenvalue weighted by Crippen LogP contribution is 2.33. The zero-order valence-electron chi connectivity index (χ0n) is 10.3. The van der Waals surface area contributed by atoms with Crippen LogP contribution in [0, 0.1) is 5.92 Å². The van der Waals surface area contributed by atoms with Gasteiger partial charge in [0.15, 0.2) is 0 Å². The van der Waals surface area contributed by atoms with Gasteiger partial charge in [-0.15, -0.1) is 0 Å². The van der Waals surface area contributed by atoms with E-state index >= 15 is 0 Å². The molecule has 0 saturated carbocycles. The Hall–Kier alpha value is -1.52. The highest BCUT2D eigenvalue weighted by atomic mass is 16.4. The number of aryl methyl sites for hydroxylation is 1. The molecule has 1 fully saturated rings. The van der Waals surface area contributed by atoms with E-state index in [0.717, 1.165) is 25.1 Å². The summed E-state index contributed by atoms with van der Waals surface area (Å²) in [5.74, 6) is 0.445. The van der Waals surface area contributed by atoms with Crippen LogP contribution in [0.1, 0.15) is 38.4 Å². The van der Waals surface area contributed by atoms with E-state index in [2.05, 4.69) is 12.0 Å². The zero-order valence-corrected chi connectivity index (χ0v) is 10.3. The monoisotopic (exact) mass is 237 g/mol. The van der Waals surface area contributed by atoms with Gasteiger partial charge in [-0.3, -0.25) is 9.58 Å². The van der Waals surface area contributed by atoms with Crippen molar-refractivity contribution in [3.63, 3.8) is 0 Å². The first-order valence-electron chi connectivity index (χ1n) is 6.14. The SMILES string of the molecule is CCn1nccc1C1CCC(C)CN1C(=O)O. The minimum Gasteiger partial charge on any atom is -0.465 e. The molecule has 0 radical (unpaired) electrons. The number of rotatable bonds is 2. The van der Waals surface area contributed by atoms with Gasteiger partial charge in [0.05, 0.1) is 11.7 Å². The Kier molecular flexibility index (Phi) is 3.36. The molecule has 1 aliphatic heterocycles. The van der Waals surface area contributed by atoms with Gasteiger partial charge in [-0.2, -0.15) is 5.10 Å². The van der Waals surface area contributed by atoms with Crippen LogP contribution in [0.15, 0.2) is 12.3 Å². The molecule has 2 atom stereocenters. The van der Waals surface area contributed by atoms with Crippen LogP contribution in [0.3, 0.4) is 0 Å². The van der Waals surface area contributed by atoms with Crippen molar-refractivity contribution in [2.45, 2.75) is 39.3 Å². The van der Waals surface area contributed by atoms with Crippen molar-refractivity contribution in [2.75, 3.05) is 6.54 Å². The molecule has 0 aromatic carbocycles. The van der Waals surface area contributed by atoms with Crippen LogP contribution in [0.2, 0.25) is 0 Å². The van der Waals surface area contributed by atoms with Gasteiger partial charge in [0.1, 0.15) is 0 Å². The zero-order chi connectivity index (χ0) is 12.4. The first kappa shape index (κ1) is 12.0. The van der Waals surface area contributed by atoms with Crippen LogP contribution in [-0.2, 0) is 6.54 Å². The maximum absolute atomic E-state index is 11.3. The highest BCUT2D eigenvalue weighted by Gasteiger charge is 2.32. The fourth-order valence-corrected chi connectivity index (χ4v) is 2.56. The van der Waals surface area contributed by atoms with E-state index in [-0.39, 0.29) is 6.04 Å². The average Bonchev–Trinajstić information content (AvgIpc) is 2.76. The summed E-state index contributed by atoms with van der Waals surface area (Å²) in [5.41, 5.74) is 1.02. The van der Waals surface area contributed by atoms with E-state index in [9.17, 15) is 9.90 Å². The molecule has 0 spiro atoms. The molecular formula is C12H19N3O2. The molecule has 1 aromatic heterocycles. The van der Waals surface area contributed by atoms with Gasteiger partial charge < -0.3 is 5.11 Å². The minimum atomic E-state index is -0.828. The molecule has 17 heavy (non-hydrogen) atoms. The van der Waals surface area contributed by atoms with Crippen LogP contribution in [0.5, 0.6) is 0 Å². The molecule has 1 aromatic rings. The molecule has 0 aliphatic carbocycles. The van der Waals surface area contributed by atoms with E-state index in [1.165, 1.54) is 0 Å². The summed E-state index contributed by atoms with van der Waals surface area (Å²) >= 11 is 0. The fourth-order valence-electron chi connectivity index (χ4n) is 2.56. The lowest BCUT2D eigenvalue weighted by molar-refractivity contribution is 0.0868. The normalized spacial score (nSPS) is 24.9. The molecular weight excluding hydrogens is 218 g/mol. The second-order valence-corrected chi connectivity index (χ2v) is 4.71. The smallest absolute Gasteiger partial charge is 0.407 e. The Morgan fingerprint density at radius 3 is 3.00 bits per heavy atom. The number of hydrogen-bond donors (Lipinski definition) is 1. The van der Waals surface area contributed by atoms with E-state index < -0.39 is 6.09 Å². The van der Waals surface area contributed by atoms with Crippen molar-refractivity contribution in [1.29, 1.82) is 0 Å². The molecule has 1 aliphatic rings. The topological polar surface area (TPSA) is 58.4 Å². The summed E-state index contributed by atoms with van der Waals surface area (Å²) in [5, 5.41) is 13.5. The van der Waals surface area contributed by atoms with Crippen LogP contribution in [-0.4, -0.2) is 32.4 Å². The van der Waals surface area contributed by atoms with Crippen molar-refractivity contribution in [3.05, 3.63) is 18.0 Å². The van der Waals surface area contributed by atoms with Gasteiger partial charge in [0.25, 0.3) is 0 Å². The van der Waals surface area contributed by atoms with Gasteiger partial charge >= 0.3 is 6.09 Å². The Morgan fingerprint density at radius 2 is 2.35 bits per heavy atom. The molecule has 2 rings (SSSR count). The van der Waals surface area contributed by atoms with E-state index in [0.29, 0.717) is 12.5 Å². The highest BCUT2D eigenvalue weighted by molar-refractivity contribution is 5.65. The van der Waals surface area contributed by atoms with Crippen molar-refractivity contribution in [1.82, 2.24) is 14.7 Å².